The molecule has 6 nitrogen and oxygen atoms in total. The van der Waals surface area contributed by atoms with Gasteiger partial charge < -0.3 is 9.84 Å². The van der Waals surface area contributed by atoms with Crippen LogP contribution in [0, 0.1) is 19.7 Å². The number of ether oxygens (including phenoxy) is 1. The predicted octanol–water partition coefficient (Wildman–Crippen LogP) is 4.30. The van der Waals surface area contributed by atoms with Gasteiger partial charge in [-0.3, -0.25) is 9.47 Å². The van der Waals surface area contributed by atoms with Crippen LogP contribution in [-0.2, 0) is 6.42 Å². The van der Waals surface area contributed by atoms with Gasteiger partial charge in [0.2, 0.25) is 0 Å². The third-order valence-electron chi connectivity index (χ3n) is 5.70. The smallest absolute Gasteiger partial charge is 0.167 e. The summed E-state index contributed by atoms with van der Waals surface area (Å²) in [5.74, 6) is 0.981. The van der Waals surface area contributed by atoms with Crippen LogP contribution >= 0.6 is 23.2 Å². The molecule has 0 unspecified atom stereocenters. The molecule has 2 atom stereocenters. The standard InChI is InChI=1S/C22H23Cl2FN4O2/c1-12-26-27-13(2)29(12)15-4-5-21(19(25)10-15)31-22-17-8-14(23)9-18(24)16(17)11-20(22)28(3)6-7-30/h4-5,8-10,20,22,30H,6-7,11H2,1-3H3/t20-,22+/m0/s1. The highest BCUT2D eigenvalue weighted by atomic mass is 35.5. The van der Waals surface area contributed by atoms with Crippen molar-refractivity contribution in [1.29, 1.82) is 0 Å². The Morgan fingerprint density at radius 3 is 2.55 bits per heavy atom. The van der Waals surface area contributed by atoms with Crippen LogP contribution in [0.25, 0.3) is 5.69 Å². The van der Waals surface area contributed by atoms with E-state index in [2.05, 4.69) is 10.2 Å². The number of hydrogen-bond acceptors (Lipinski definition) is 5. The van der Waals surface area contributed by atoms with Crippen LogP contribution in [0.1, 0.15) is 28.9 Å². The molecule has 31 heavy (non-hydrogen) atoms. The fraction of sp³-hybridized carbons (Fsp3) is 0.364. The molecule has 0 saturated carbocycles. The van der Waals surface area contributed by atoms with Crippen LogP contribution in [0.4, 0.5) is 4.39 Å². The molecule has 0 radical (unpaired) electrons. The van der Waals surface area contributed by atoms with Gasteiger partial charge in [-0.05, 0) is 57.1 Å². The summed E-state index contributed by atoms with van der Waals surface area (Å²) in [7, 11) is 1.90. The summed E-state index contributed by atoms with van der Waals surface area (Å²) in [6.45, 7) is 4.09. The fourth-order valence-electron chi connectivity index (χ4n) is 4.17. The van der Waals surface area contributed by atoms with Crippen molar-refractivity contribution < 1.29 is 14.2 Å². The van der Waals surface area contributed by atoms with Crippen molar-refractivity contribution in [3.8, 4) is 11.4 Å². The first-order chi connectivity index (χ1) is 14.8. The number of halogens is 3. The minimum atomic E-state index is -0.491. The van der Waals surface area contributed by atoms with Crippen LogP contribution in [0.5, 0.6) is 5.75 Å². The number of fused-ring (bicyclic) bond motifs is 1. The quantitative estimate of drug-likeness (QED) is 0.588. The number of hydrogen-bond donors (Lipinski definition) is 1. The van der Waals surface area contributed by atoms with Gasteiger partial charge in [-0.2, -0.15) is 0 Å². The molecule has 0 saturated heterocycles. The van der Waals surface area contributed by atoms with Crippen molar-refractivity contribution in [3.63, 3.8) is 0 Å². The summed E-state index contributed by atoms with van der Waals surface area (Å²) in [6, 6.07) is 8.18. The SMILES string of the molecule is Cc1nnc(C)n1-c1ccc(O[C@@H]2c3cc(Cl)cc(Cl)c3C[C@@H]2N(C)CCO)c(F)c1. The Balaban J connectivity index is 1.69. The lowest BCUT2D eigenvalue weighted by Crippen LogP contribution is -2.38. The van der Waals surface area contributed by atoms with Crippen LogP contribution in [0.3, 0.4) is 0 Å². The molecule has 1 heterocycles. The van der Waals surface area contributed by atoms with Gasteiger partial charge in [0, 0.05) is 28.2 Å². The summed E-state index contributed by atoms with van der Waals surface area (Å²) in [5, 5.41) is 18.5. The predicted molar refractivity (Wildman–Crippen MR) is 118 cm³/mol. The van der Waals surface area contributed by atoms with Gasteiger partial charge in [0.05, 0.1) is 18.3 Å². The van der Waals surface area contributed by atoms with Crippen molar-refractivity contribution in [2.45, 2.75) is 32.4 Å². The molecule has 0 spiro atoms. The van der Waals surface area contributed by atoms with Crippen molar-refractivity contribution in [2.24, 2.45) is 0 Å². The first-order valence-electron chi connectivity index (χ1n) is 9.94. The number of aryl methyl sites for hydroxylation is 2. The third-order valence-corrected chi connectivity index (χ3v) is 6.25. The van der Waals surface area contributed by atoms with Crippen molar-refractivity contribution in [1.82, 2.24) is 19.7 Å². The normalized spacial score (nSPS) is 17.9. The molecule has 2 aromatic carbocycles. The van der Waals surface area contributed by atoms with E-state index in [1.165, 1.54) is 6.07 Å². The lowest BCUT2D eigenvalue weighted by molar-refractivity contribution is 0.0798. The van der Waals surface area contributed by atoms with E-state index in [0.29, 0.717) is 40.3 Å². The summed E-state index contributed by atoms with van der Waals surface area (Å²) >= 11 is 12.7. The van der Waals surface area contributed by atoms with Crippen molar-refractivity contribution in [2.75, 3.05) is 20.2 Å². The zero-order valence-corrected chi connectivity index (χ0v) is 19.0. The van der Waals surface area contributed by atoms with E-state index in [-0.39, 0.29) is 18.4 Å². The number of aromatic nitrogens is 3. The van der Waals surface area contributed by atoms with Gasteiger partial charge in [-0.25, -0.2) is 4.39 Å². The second-order valence-corrected chi connectivity index (χ2v) is 8.56. The maximum atomic E-state index is 15.1. The average Bonchev–Trinajstić information content (AvgIpc) is 3.24. The second kappa shape index (κ2) is 8.74. The molecule has 1 N–H and O–H groups in total. The molecule has 4 rings (SSSR count). The lowest BCUT2D eigenvalue weighted by atomic mass is 10.1. The monoisotopic (exact) mass is 464 g/mol. The first kappa shape index (κ1) is 22.0. The Morgan fingerprint density at radius 2 is 1.90 bits per heavy atom. The topological polar surface area (TPSA) is 63.4 Å². The maximum absolute atomic E-state index is 15.1. The van der Waals surface area contributed by atoms with Gasteiger partial charge in [-0.15, -0.1) is 10.2 Å². The third kappa shape index (κ3) is 4.15. The van der Waals surface area contributed by atoms with Gasteiger partial charge in [0.25, 0.3) is 0 Å². The Bertz CT molecular complexity index is 1100. The van der Waals surface area contributed by atoms with Gasteiger partial charge >= 0.3 is 0 Å². The Kier molecular flexibility index (Phi) is 6.21. The molecular formula is C22H23Cl2FN4O2. The van der Waals surface area contributed by atoms with Crippen LogP contribution < -0.4 is 4.74 Å². The molecule has 1 aliphatic rings. The van der Waals surface area contributed by atoms with E-state index in [0.717, 1.165) is 11.1 Å². The van der Waals surface area contributed by atoms with E-state index in [4.69, 9.17) is 27.9 Å². The maximum Gasteiger partial charge on any atom is 0.167 e. The number of aliphatic hydroxyl groups is 1. The fourth-order valence-corrected chi connectivity index (χ4v) is 4.76. The zero-order valence-electron chi connectivity index (χ0n) is 17.4. The Morgan fingerprint density at radius 1 is 1.19 bits per heavy atom. The highest BCUT2D eigenvalue weighted by Crippen LogP contribution is 2.42. The highest BCUT2D eigenvalue weighted by molar-refractivity contribution is 6.35. The number of likely N-dealkylation sites (N-methyl/N-ethyl adjacent to an activating group) is 1. The second-order valence-electron chi connectivity index (χ2n) is 7.71. The van der Waals surface area contributed by atoms with Gasteiger partial charge in [-0.1, -0.05) is 23.2 Å². The molecule has 0 fully saturated rings. The van der Waals surface area contributed by atoms with Crippen LogP contribution in [-0.4, -0.2) is 51.0 Å². The highest BCUT2D eigenvalue weighted by Gasteiger charge is 2.38. The lowest BCUT2D eigenvalue weighted by Gasteiger charge is -2.30. The number of rotatable bonds is 6. The molecule has 0 aliphatic heterocycles. The Labute approximate surface area is 190 Å². The molecule has 9 heteroatoms. The Hall–Kier alpha value is -2.19. The molecule has 0 bridgehead atoms. The summed E-state index contributed by atoms with van der Waals surface area (Å²) in [6.07, 6.45) is 0.132. The van der Waals surface area contributed by atoms with Crippen LogP contribution in [0.2, 0.25) is 10.0 Å². The summed E-state index contributed by atoms with van der Waals surface area (Å²) in [5.41, 5.74) is 2.39. The summed E-state index contributed by atoms with van der Waals surface area (Å²) < 4.78 is 23.1. The van der Waals surface area contributed by atoms with Gasteiger partial charge in [0.1, 0.15) is 17.8 Å². The minimum Gasteiger partial charge on any atom is -0.481 e. The molecule has 1 aromatic heterocycles. The molecule has 164 valence electrons. The number of aliphatic hydroxyl groups excluding tert-OH is 1. The van der Waals surface area contributed by atoms with E-state index >= 15 is 4.39 Å². The van der Waals surface area contributed by atoms with E-state index < -0.39 is 11.9 Å². The average molecular weight is 465 g/mol. The first-order valence-corrected chi connectivity index (χ1v) is 10.7. The minimum absolute atomic E-state index is 0.00521. The van der Waals surface area contributed by atoms with Gasteiger partial charge in [0.15, 0.2) is 11.6 Å². The molecule has 1 aliphatic carbocycles. The van der Waals surface area contributed by atoms with Crippen molar-refractivity contribution >= 4 is 23.2 Å². The molecule has 0 amide bonds. The molecule has 3 aromatic rings. The van der Waals surface area contributed by atoms with Crippen LogP contribution in [0.15, 0.2) is 30.3 Å². The van der Waals surface area contributed by atoms with E-state index in [1.54, 1.807) is 22.8 Å². The number of benzene rings is 2. The summed E-state index contributed by atoms with van der Waals surface area (Å²) in [4.78, 5) is 1.99. The zero-order chi connectivity index (χ0) is 22.3. The largest absolute Gasteiger partial charge is 0.481 e. The number of nitrogens with zero attached hydrogens (tertiary/aromatic N) is 4. The molecular weight excluding hydrogens is 442 g/mol. The van der Waals surface area contributed by atoms with E-state index in [9.17, 15) is 5.11 Å². The van der Waals surface area contributed by atoms with Crippen molar-refractivity contribution in [3.05, 3.63) is 69.0 Å². The van der Waals surface area contributed by atoms with E-state index in [1.807, 2.05) is 31.9 Å².